The first-order valence-electron chi connectivity index (χ1n) is 5.73. The molecule has 88 valence electrons. The van der Waals surface area contributed by atoms with Crippen molar-refractivity contribution in [3.63, 3.8) is 0 Å². The minimum atomic E-state index is 0.333. The van der Waals surface area contributed by atoms with E-state index in [4.69, 9.17) is 34.8 Å². The van der Waals surface area contributed by atoms with Crippen molar-refractivity contribution in [1.82, 2.24) is 0 Å². The molecule has 0 aromatic heterocycles. The van der Waals surface area contributed by atoms with Crippen molar-refractivity contribution in [2.24, 2.45) is 5.92 Å². The van der Waals surface area contributed by atoms with E-state index in [1.807, 2.05) is 18.2 Å². The highest BCUT2D eigenvalue weighted by Gasteiger charge is 2.22. The summed E-state index contributed by atoms with van der Waals surface area (Å²) in [6, 6.07) is 5.70. The monoisotopic (exact) mass is 276 g/mol. The van der Waals surface area contributed by atoms with Crippen molar-refractivity contribution >= 4 is 34.8 Å². The molecule has 1 saturated carbocycles. The third kappa shape index (κ3) is 3.06. The van der Waals surface area contributed by atoms with Crippen LogP contribution in [0.3, 0.4) is 0 Å². The molecule has 0 N–H and O–H groups in total. The van der Waals surface area contributed by atoms with Gasteiger partial charge in [0.05, 0.1) is 0 Å². The van der Waals surface area contributed by atoms with E-state index in [1.165, 1.54) is 12.8 Å². The molecule has 0 bridgehead atoms. The van der Waals surface area contributed by atoms with Gasteiger partial charge in [0.2, 0.25) is 0 Å². The molecule has 3 heteroatoms. The van der Waals surface area contributed by atoms with Gasteiger partial charge >= 0.3 is 0 Å². The van der Waals surface area contributed by atoms with Crippen LogP contribution in [0.25, 0.3) is 0 Å². The molecule has 1 fully saturated rings. The average molecular weight is 278 g/mol. The Hall–Kier alpha value is 0.0900. The molecule has 0 heterocycles. The molecule has 2 atom stereocenters. The minimum Gasteiger partial charge on any atom is -0.123 e. The van der Waals surface area contributed by atoms with Gasteiger partial charge in [-0.05, 0) is 42.9 Å². The largest absolute Gasteiger partial charge is 0.123 e. The van der Waals surface area contributed by atoms with Crippen LogP contribution in [0.5, 0.6) is 0 Å². The summed E-state index contributed by atoms with van der Waals surface area (Å²) >= 11 is 18.5. The number of alkyl halides is 1. The van der Waals surface area contributed by atoms with Crippen LogP contribution in [0, 0.1) is 5.92 Å². The van der Waals surface area contributed by atoms with E-state index in [1.54, 1.807) is 0 Å². The number of benzene rings is 1. The molecule has 1 aromatic carbocycles. The Balaban J connectivity index is 2.08. The Morgan fingerprint density at radius 2 is 1.81 bits per heavy atom. The lowest BCUT2D eigenvalue weighted by molar-refractivity contribution is 0.361. The number of hydrogen-bond acceptors (Lipinski definition) is 0. The molecule has 1 aliphatic carbocycles. The van der Waals surface area contributed by atoms with Crippen LogP contribution in [0.1, 0.15) is 31.2 Å². The summed E-state index contributed by atoms with van der Waals surface area (Å²) in [7, 11) is 0. The van der Waals surface area contributed by atoms with E-state index in [2.05, 4.69) is 0 Å². The van der Waals surface area contributed by atoms with Gasteiger partial charge in [-0.2, -0.15) is 0 Å². The fourth-order valence-corrected chi connectivity index (χ4v) is 3.38. The zero-order valence-corrected chi connectivity index (χ0v) is 11.3. The third-order valence-corrected chi connectivity index (χ3v) is 4.38. The van der Waals surface area contributed by atoms with E-state index in [9.17, 15) is 0 Å². The molecule has 0 radical (unpaired) electrons. The van der Waals surface area contributed by atoms with E-state index >= 15 is 0 Å². The zero-order valence-electron chi connectivity index (χ0n) is 9.06. The van der Waals surface area contributed by atoms with Gasteiger partial charge in [0, 0.05) is 15.4 Å². The molecule has 16 heavy (non-hydrogen) atoms. The maximum atomic E-state index is 6.19. The molecule has 0 saturated heterocycles. The second-order valence-electron chi connectivity index (χ2n) is 4.53. The lowest BCUT2D eigenvalue weighted by atomic mass is 9.84. The Bertz CT molecular complexity index is 342. The van der Waals surface area contributed by atoms with Gasteiger partial charge < -0.3 is 0 Å². The van der Waals surface area contributed by atoms with Crippen LogP contribution in [0.2, 0.25) is 10.0 Å². The van der Waals surface area contributed by atoms with Gasteiger partial charge in [-0.25, -0.2) is 0 Å². The van der Waals surface area contributed by atoms with Crippen LogP contribution in [0.15, 0.2) is 18.2 Å². The molecule has 1 aliphatic rings. The quantitative estimate of drug-likeness (QED) is 0.641. The second-order valence-corrected chi connectivity index (χ2v) is 5.97. The first-order valence-corrected chi connectivity index (χ1v) is 6.93. The lowest BCUT2D eigenvalue weighted by Crippen LogP contribution is -2.17. The van der Waals surface area contributed by atoms with Crippen LogP contribution in [0.4, 0.5) is 0 Å². The van der Waals surface area contributed by atoms with Crippen molar-refractivity contribution in [2.45, 2.75) is 37.5 Å². The summed E-state index contributed by atoms with van der Waals surface area (Å²) in [5.41, 5.74) is 1.08. The smallest absolute Gasteiger partial charge is 0.0452 e. The summed E-state index contributed by atoms with van der Waals surface area (Å²) in [5, 5.41) is 1.90. The first-order chi connectivity index (χ1) is 7.66. The number of hydrogen-bond donors (Lipinski definition) is 0. The average Bonchev–Trinajstić information content (AvgIpc) is 2.24. The Kier molecular flexibility index (Phi) is 4.41. The molecule has 1 aromatic rings. The highest BCUT2D eigenvalue weighted by molar-refractivity contribution is 6.36. The fourth-order valence-electron chi connectivity index (χ4n) is 2.43. The third-order valence-electron chi connectivity index (χ3n) is 3.27. The normalized spacial score (nSPS) is 25.7. The molecule has 0 nitrogen and oxygen atoms in total. The first kappa shape index (κ1) is 12.5. The van der Waals surface area contributed by atoms with Crippen molar-refractivity contribution in [3.05, 3.63) is 33.8 Å². The molecule has 2 rings (SSSR count). The molecule has 0 spiro atoms. The SMILES string of the molecule is Clc1cccc(Cl)c1CC1CCCC(Cl)C1. The van der Waals surface area contributed by atoms with Gasteiger partial charge in [-0.3, -0.25) is 0 Å². The van der Waals surface area contributed by atoms with Gasteiger partial charge in [0.25, 0.3) is 0 Å². The Morgan fingerprint density at radius 3 is 2.44 bits per heavy atom. The highest BCUT2D eigenvalue weighted by atomic mass is 35.5. The van der Waals surface area contributed by atoms with E-state index in [0.717, 1.165) is 34.9 Å². The topological polar surface area (TPSA) is 0 Å². The molecule has 0 amide bonds. The zero-order chi connectivity index (χ0) is 11.5. The summed E-state index contributed by atoms with van der Waals surface area (Å²) in [5.74, 6) is 0.633. The molecule has 0 aliphatic heterocycles. The van der Waals surface area contributed by atoms with Gasteiger partial charge in [-0.1, -0.05) is 42.1 Å². The van der Waals surface area contributed by atoms with Gasteiger partial charge in [0.1, 0.15) is 0 Å². The number of rotatable bonds is 2. The van der Waals surface area contributed by atoms with Gasteiger partial charge in [0.15, 0.2) is 0 Å². The summed E-state index contributed by atoms with van der Waals surface area (Å²) in [4.78, 5) is 0. The fraction of sp³-hybridized carbons (Fsp3) is 0.538. The molecule has 2 unspecified atom stereocenters. The predicted molar refractivity (Wildman–Crippen MR) is 71.8 cm³/mol. The predicted octanol–water partition coefficient (Wildman–Crippen LogP) is 5.33. The Labute approximate surface area is 112 Å². The summed E-state index contributed by atoms with van der Waals surface area (Å²) < 4.78 is 0. The maximum Gasteiger partial charge on any atom is 0.0452 e. The minimum absolute atomic E-state index is 0.333. The van der Waals surface area contributed by atoms with E-state index < -0.39 is 0 Å². The summed E-state index contributed by atoms with van der Waals surface area (Å²) in [6.45, 7) is 0. The van der Waals surface area contributed by atoms with Crippen molar-refractivity contribution in [1.29, 1.82) is 0 Å². The van der Waals surface area contributed by atoms with Crippen LogP contribution in [-0.4, -0.2) is 5.38 Å². The van der Waals surface area contributed by atoms with Crippen LogP contribution >= 0.6 is 34.8 Å². The van der Waals surface area contributed by atoms with E-state index in [0.29, 0.717) is 11.3 Å². The van der Waals surface area contributed by atoms with E-state index in [-0.39, 0.29) is 0 Å². The Morgan fingerprint density at radius 1 is 1.12 bits per heavy atom. The van der Waals surface area contributed by atoms with Crippen molar-refractivity contribution in [3.8, 4) is 0 Å². The maximum absolute atomic E-state index is 6.19. The van der Waals surface area contributed by atoms with Crippen LogP contribution in [-0.2, 0) is 6.42 Å². The van der Waals surface area contributed by atoms with Gasteiger partial charge in [-0.15, -0.1) is 11.6 Å². The molecular weight excluding hydrogens is 263 g/mol. The standard InChI is InChI=1S/C13H15Cl3/c14-10-4-1-3-9(7-10)8-11-12(15)5-2-6-13(11)16/h2,5-6,9-10H,1,3-4,7-8H2. The van der Waals surface area contributed by atoms with Crippen molar-refractivity contribution in [2.75, 3.05) is 0 Å². The summed E-state index contributed by atoms with van der Waals surface area (Å²) in [6.07, 6.45) is 5.66. The highest BCUT2D eigenvalue weighted by Crippen LogP contribution is 2.34. The van der Waals surface area contributed by atoms with Crippen LogP contribution < -0.4 is 0 Å². The second kappa shape index (κ2) is 5.62. The number of halogens is 3. The lowest BCUT2D eigenvalue weighted by Gasteiger charge is -2.26. The van der Waals surface area contributed by atoms with Crippen molar-refractivity contribution < 1.29 is 0 Å². The molecular formula is C13H15Cl3.